The lowest BCUT2D eigenvalue weighted by atomic mass is 10.2. The first kappa shape index (κ1) is 17.2. The fourth-order valence-electron chi connectivity index (χ4n) is 2.02. The largest absolute Gasteiger partial charge is 0.451 e. The van der Waals surface area contributed by atoms with Crippen LogP contribution in [0.1, 0.15) is 11.6 Å². The molecule has 0 spiro atoms. The second kappa shape index (κ2) is 6.71. The number of carbonyl (C=O) groups is 1. The van der Waals surface area contributed by atoms with Crippen LogP contribution >= 0.6 is 11.8 Å². The molecule has 0 radical (unpaired) electrons. The van der Waals surface area contributed by atoms with Crippen LogP contribution in [0.2, 0.25) is 0 Å². The minimum Gasteiger partial charge on any atom is -0.360 e. The van der Waals surface area contributed by atoms with Gasteiger partial charge in [-0.25, -0.2) is 9.97 Å². The summed E-state index contributed by atoms with van der Waals surface area (Å²) in [5.74, 6) is -1.04. The van der Waals surface area contributed by atoms with E-state index in [1.165, 1.54) is 12.1 Å². The highest BCUT2D eigenvalue weighted by molar-refractivity contribution is 8.00. The molecule has 0 aliphatic heterocycles. The maximum Gasteiger partial charge on any atom is 0.451 e. The number of hydrogen-bond acceptors (Lipinski definition) is 6. The molecule has 2 aromatic heterocycles. The van der Waals surface area contributed by atoms with Crippen LogP contribution in [0, 0.1) is 6.92 Å². The monoisotopic (exact) mass is 368 g/mol. The summed E-state index contributed by atoms with van der Waals surface area (Å²) in [4.78, 5) is 19.0. The van der Waals surface area contributed by atoms with Crippen molar-refractivity contribution in [2.75, 3.05) is 11.1 Å². The van der Waals surface area contributed by atoms with Crippen LogP contribution in [0.5, 0.6) is 0 Å². The molecule has 1 amide bonds. The number of alkyl halides is 3. The van der Waals surface area contributed by atoms with Gasteiger partial charge in [0.05, 0.1) is 11.3 Å². The van der Waals surface area contributed by atoms with Gasteiger partial charge in [-0.15, -0.1) is 0 Å². The average Bonchev–Trinajstić information content (AvgIpc) is 2.96. The molecule has 130 valence electrons. The molecule has 1 N–H and O–H groups in total. The maximum absolute atomic E-state index is 13.0. The molecule has 0 atom stereocenters. The van der Waals surface area contributed by atoms with Gasteiger partial charge in [0.25, 0.3) is 0 Å². The lowest BCUT2D eigenvalue weighted by Crippen LogP contribution is -2.15. The van der Waals surface area contributed by atoms with E-state index in [9.17, 15) is 18.0 Å². The number of nitrogens with one attached hydrogen (secondary N) is 1. The number of rotatable bonds is 4. The van der Waals surface area contributed by atoms with Crippen molar-refractivity contribution in [3.8, 4) is 0 Å². The third-order valence-electron chi connectivity index (χ3n) is 3.06. The van der Waals surface area contributed by atoms with Crippen molar-refractivity contribution in [3.05, 3.63) is 41.9 Å². The number of aromatic nitrogens is 3. The van der Waals surface area contributed by atoms with Gasteiger partial charge in [0, 0.05) is 11.5 Å². The number of amides is 1. The fourth-order valence-corrected chi connectivity index (χ4v) is 2.84. The molecule has 10 heteroatoms. The van der Waals surface area contributed by atoms with Gasteiger partial charge in [-0.2, -0.15) is 13.2 Å². The van der Waals surface area contributed by atoms with Crippen LogP contribution in [0.15, 0.2) is 39.9 Å². The maximum atomic E-state index is 13.0. The van der Waals surface area contributed by atoms with Crippen LogP contribution in [0.25, 0.3) is 10.9 Å². The number of hydrogen-bond donors (Lipinski definition) is 1. The van der Waals surface area contributed by atoms with Gasteiger partial charge in [0.2, 0.25) is 11.7 Å². The molecule has 1 aromatic carbocycles. The Morgan fingerprint density at radius 1 is 1.28 bits per heavy atom. The van der Waals surface area contributed by atoms with Crippen molar-refractivity contribution in [1.82, 2.24) is 15.1 Å². The Morgan fingerprint density at radius 3 is 2.72 bits per heavy atom. The quantitative estimate of drug-likeness (QED) is 0.559. The van der Waals surface area contributed by atoms with E-state index in [-0.39, 0.29) is 22.1 Å². The van der Waals surface area contributed by atoms with Crippen molar-refractivity contribution in [2.45, 2.75) is 18.1 Å². The molecule has 0 aliphatic carbocycles. The van der Waals surface area contributed by atoms with Crippen LogP contribution in [0.4, 0.5) is 19.0 Å². The zero-order valence-corrected chi connectivity index (χ0v) is 13.6. The SMILES string of the molecule is Cc1cc(NC(=O)CSc2nc(C(F)(F)F)nc3ccccc23)no1. The van der Waals surface area contributed by atoms with Gasteiger partial charge in [-0.05, 0) is 13.0 Å². The number of nitrogens with zero attached hydrogens (tertiary/aromatic N) is 3. The second-order valence-corrected chi connectivity index (χ2v) is 5.99. The first-order valence-corrected chi connectivity index (χ1v) is 8.01. The number of halogens is 3. The zero-order valence-electron chi connectivity index (χ0n) is 12.8. The lowest BCUT2D eigenvalue weighted by molar-refractivity contribution is -0.145. The molecule has 3 aromatic rings. The van der Waals surface area contributed by atoms with E-state index in [2.05, 4.69) is 20.4 Å². The van der Waals surface area contributed by atoms with Crippen molar-refractivity contribution in [3.63, 3.8) is 0 Å². The standard InChI is InChI=1S/C15H11F3N4O2S/c1-8-6-11(22-24-8)20-12(23)7-25-13-9-4-2-3-5-10(9)19-14(21-13)15(16,17)18/h2-6H,7H2,1H3,(H,20,22,23). The van der Waals surface area contributed by atoms with Crippen LogP contribution < -0.4 is 5.32 Å². The third-order valence-corrected chi connectivity index (χ3v) is 4.05. The Labute approximate surface area is 143 Å². The van der Waals surface area contributed by atoms with Crippen molar-refractivity contribution < 1.29 is 22.5 Å². The van der Waals surface area contributed by atoms with E-state index < -0.39 is 17.9 Å². The molecular formula is C15H11F3N4O2S. The number of para-hydroxylation sites is 1. The van der Waals surface area contributed by atoms with Gasteiger partial charge in [-0.3, -0.25) is 4.79 Å². The van der Waals surface area contributed by atoms with Gasteiger partial charge >= 0.3 is 6.18 Å². The van der Waals surface area contributed by atoms with Crippen LogP contribution in [-0.2, 0) is 11.0 Å². The summed E-state index contributed by atoms with van der Waals surface area (Å²) in [6, 6.07) is 7.86. The first-order valence-electron chi connectivity index (χ1n) is 7.03. The fraction of sp³-hybridized carbons (Fsp3) is 0.200. The number of fused-ring (bicyclic) bond motifs is 1. The van der Waals surface area contributed by atoms with Gasteiger partial charge in [0.15, 0.2) is 5.82 Å². The summed E-state index contributed by atoms with van der Waals surface area (Å²) in [5, 5.41) is 6.65. The Bertz CT molecular complexity index is 927. The molecule has 0 saturated heterocycles. The average molecular weight is 368 g/mol. The first-order chi connectivity index (χ1) is 11.8. The zero-order chi connectivity index (χ0) is 18.0. The molecule has 6 nitrogen and oxygen atoms in total. The number of carbonyl (C=O) groups excluding carboxylic acids is 1. The molecule has 2 heterocycles. The molecule has 0 bridgehead atoms. The van der Waals surface area contributed by atoms with Gasteiger partial charge in [-0.1, -0.05) is 35.1 Å². The Balaban J connectivity index is 1.81. The highest BCUT2D eigenvalue weighted by Gasteiger charge is 2.35. The number of aryl methyl sites for hydroxylation is 1. The normalized spacial score (nSPS) is 11.7. The number of anilines is 1. The highest BCUT2D eigenvalue weighted by Crippen LogP contribution is 2.32. The topological polar surface area (TPSA) is 80.9 Å². The molecule has 25 heavy (non-hydrogen) atoms. The van der Waals surface area contributed by atoms with E-state index in [1.54, 1.807) is 25.1 Å². The van der Waals surface area contributed by atoms with E-state index >= 15 is 0 Å². The summed E-state index contributed by atoms with van der Waals surface area (Å²) in [7, 11) is 0. The van der Waals surface area contributed by atoms with E-state index in [1.807, 2.05) is 0 Å². The Hall–Kier alpha value is -2.62. The summed E-state index contributed by atoms with van der Waals surface area (Å²) in [6.07, 6.45) is -4.67. The molecule has 0 unspecified atom stereocenters. The third kappa shape index (κ3) is 4.08. The van der Waals surface area contributed by atoms with Crippen LogP contribution in [0.3, 0.4) is 0 Å². The van der Waals surface area contributed by atoms with E-state index in [0.717, 1.165) is 11.8 Å². The molecule has 3 rings (SSSR count). The van der Waals surface area contributed by atoms with Crippen molar-refractivity contribution in [1.29, 1.82) is 0 Å². The molecule has 0 aliphatic rings. The van der Waals surface area contributed by atoms with Gasteiger partial charge in [0.1, 0.15) is 10.8 Å². The molecule has 0 fully saturated rings. The lowest BCUT2D eigenvalue weighted by Gasteiger charge is -2.10. The smallest absolute Gasteiger partial charge is 0.360 e. The predicted molar refractivity (Wildman–Crippen MR) is 85.1 cm³/mol. The summed E-state index contributed by atoms with van der Waals surface area (Å²) in [5.41, 5.74) is 0.167. The van der Waals surface area contributed by atoms with E-state index in [0.29, 0.717) is 11.1 Å². The minimum atomic E-state index is -4.67. The Morgan fingerprint density at radius 2 is 2.04 bits per heavy atom. The van der Waals surface area contributed by atoms with Crippen molar-refractivity contribution >= 4 is 34.4 Å². The molecule has 0 saturated carbocycles. The van der Waals surface area contributed by atoms with Crippen LogP contribution in [-0.4, -0.2) is 26.8 Å². The number of thioether (sulfide) groups is 1. The molecular weight excluding hydrogens is 357 g/mol. The highest BCUT2D eigenvalue weighted by atomic mass is 32.2. The van der Waals surface area contributed by atoms with E-state index in [4.69, 9.17) is 4.52 Å². The summed E-state index contributed by atoms with van der Waals surface area (Å²) >= 11 is 0.893. The predicted octanol–water partition coefficient (Wildman–Crippen LogP) is 3.68. The van der Waals surface area contributed by atoms with Crippen molar-refractivity contribution in [2.24, 2.45) is 0 Å². The van der Waals surface area contributed by atoms with Gasteiger partial charge < -0.3 is 9.84 Å². The summed E-state index contributed by atoms with van der Waals surface area (Å²) < 4.78 is 43.7. The second-order valence-electron chi connectivity index (χ2n) is 5.03. The Kier molecular flexibility index (Phi) is 4.62. The number of benzene rings is 1. The summed E-state index contributed by atoms with van der Waals surface area (Å²) in [6.45, 7) is 1.67. The minimum absolute atomic E-state index is 0.0874.